The Hall–Kier alpha value is -0.0800. The lowest BCUT2D eigenvalue weighted by molar-refractivity contribution is 0.0601. The Bertz CT molecular complexity index is 197. The molecule has 1 aliphatic rings. The van der Waals surface area contributed by atoms with Crippen LogP contribution < -0.4 is 5.73 Å². The smallest absolute Gasteiger partial charge is 0.0331 e. The van der Waals surface area contributed by atoms with E-state index in [1.165, 1.54) is 77.3 Å². The van der Waals surface area contributed by atoms with Crippen molar-refractivity contribution in [1.82, 2.24) is 4.90 Å². The molecule has 0 unspecified atom stereocenters. The first-order valence-electron chi connectivity index (χ1n) is 8.24. The predicted octanol–water partition coefficient (Wildman–Crippen LogP) is 3.94. The predicted molar refractivity (Wildman–Crippen MR) is 80.9 cm³/mol. The molecule has 2 N–H and O–H groups in total. The summed E-state index contributed by atoms with van der Waals surface area (Å²) < 4.78 is 0. The van der Waals surface area contributed by atoms with Crippen LogP contribution in [0.15, 0.2) is 0 Å². The highest BCUT2D eigenvalue weighted by Crippen LogP contribution is 2.33. The molecule has 108 valence electrons. The van der Waals surface area contributed by atoms with E-state index in [1.807, 2.05) is 0 Å². The minimum absolute atomic E-state index is 0.345. The molecule has 0 atom stereocenters. The van der Waals surface area contributed by atoms with Crippen molar-refractivity contribution in [2.75, 3.05) is 19.6 Å². The Morgan fingerprint density at radius 3 is 2.17 bits per heavy atom. The molecule has 2 heteroatoms. The van der Waals surface area contributed by atoms with Gasteiger partial charge in [-0.15, -0.1) is 0 Å². The lowest BCUT2D eigenvalue weighted by Gasteiger charge is -2.46. The van der Waals surface area contributed by atoms with Crippen LogP contribution in [-0.4, -0.2) is 30.1 Å². The van der Waals surface area contributed by atoms with Gasteiger partial charge in [0.2, 0.25) is 0 Å². The second-order valence-corrected chi connectivity index (χ2v) is 5.98. The van der Waals surface area contributed by atoms with Gasteiger partial charge in [-0.1, -0.05) is 58.8 Å². The van der Waals surface area contributed by atoms with E-state index in [9.17, 15) is 0 Å². The second-order valence-electron chi connectivity index (χ2n) is 5.98. The zero-order valence-electron chi connectivity index (χ0n) is 12.7. The number of likely N-dealkylation sites (N-methyl/N-ethyl adjacent to an activating group) is 1. The van der Waals surface area contributed by atoms with Gasteiger partial charge in [-0.2, -0.15) is 0 Å². The van der Waals surface area contributed by atoms with E-state index in [-0.39, 0.29) is 0 Å². The largest absolute Gasteiger partial charge is 0.329 e. The normalized spacial score (nSPS) is 19.3. The molecule has 0 aromatic heterocycles. The zero-order valence-corrected chi connectivity index (χ0v) is 12.7. The number of unbranched alkanes of at least 4 members (excludes halogenated alkanes) is 4. The van der Waals surface area contributed by atoms with Crippen molar-refractivity contribution >= 4 is 0 Å². The number of hydrogen-bond acceptors (Lipinski definition) is 2. The second kappa shape index (κ2) is 8.92. The van der Waals surface area contributed by atoms with E-state index in [4.69, 9.17) is 5.73 Å². The standard InChI is InChI=1S/C16H34N2/c1-3-5-6-7-11-14-18(4-2)16(15-17)12-9-8-10-13-16/h3-15,17H2,1-2H3. The Balaban J connectivity index is 2.37. The molecule has 1 fully saturated rings. The van der Waals surface area contributed by atoms with Crippen LogP contribution in [0.3, 0.4) is 0 Å². The van der Waals surface area contributed by atoms with Gasteiger partial charge in [0.15, 0.2) is 0 Å². The third-order valence-electron chi connectivity index (χ3n) is 4.75. The Labute approximate surface area is 114 Å². The van der Waals surface area contributed by atoms with Crippen LogP contribution in [0.5, 0.6) is 0 Å². The zero-order chi connectivity index (χ0) is 13.3. The maximum absolute atomic E-state index is 6.12. The lowest BCUT2D eigenvalue weighted by Crippen LogP contribution is -2.55. The Kier molecular flexibility index (Phi) is 7.92. The molecule has 0 amide bonds. The monoisotopic (exact) mass is 254 g/mol. The molecule has 0 spiro atoms. The summed E-state index contributed by atoms with van der Waals surface area (Å²) in [5.41, 5.74) is 6.47. The Morgan fingerprint density at radius 2 is 1.61 bits per heavy atom. The topological polar surface area (TPSA) is 29.3 Å². The highest BCUT2D eigenvalue weighted by molar-refractivity contribution is 4.93. The number of hydrogen-bond donors (Lipinski definition) is 1. The third kappa shape index (κ3) is 4.55. The molecule has 2 nitrogen and oxygen atoms in total. The van der Waals surface area contributed by atoms with Crippen molar-refractivity contribution in [1.29, 1.82) is 0 Å². The molecular formula is C16H34N2. The first-order chi connectivity index (χ1) is 8.79. The quantitative estimate of drug-likeness (QED) is 0.631. The molecule has 0 bridgehead atoms. The Morgan fingerprint density at radius 1 is 0.944 bits per heavy atom. The number of nitrogens with two attached hydrogens (primary N) is 1. The summed E-state index contributed by atoms with van der Waals surface area (Å²) in [4.78, 5) is 2.69. The van der Waals surface area contributed by atoms with Crippen LogP contribution in [-0.2, 0) is 0 Å². The summed E-state index contributed by atoms with van der Waals surface area (Å²) in [6, 6.07) is 0. The van der Waals surface area contributed by atoms with Crippen molar-refractivity contribution in [2.24, 2.45) is 5.73 Å². The molecule has 0 radical (unpaired) electrons. The summed E-state index contributed by atoms with van der Waals surface area (Å²) in [5, 5.41) is 0. The average molecular weight is 254 g/mol. The highest BCUT2D eigenvalue weighted by atomic mass is 15.2. The van der Waals surface area contributed by atoms with Crippen LogP contribution >= 0.6 is 0 Å². The number of nitrogens with zero attached hydrogens (tertiary/aromatic N) is 1. The van der Waals surface area contributed by atoms with Crippen LogP contribution in [0.4, 0.5) is 0 Å². The fraction of sp³-hybridized carbons (Fsp3) is 1.00. The van der Waals surface area contributed by atoms with Crippen LogP contribution in [0, 0.1) is 0 Å². The molecule has 0 saturated heterocycles. The molecule has 0 aromatic rings. The summed E-state index contributed by atoms with van der Waals surface area (Å²) in [5.74, 6) is 0. The van der Waals surface area contributed by atoms with E-state index < -0.39 is 0 Å². The molecule has 18 heavy (non-hydrogen) atoms. The van der Waals surface area contributed by atoms with E-state index in [0.29, 0.717) is 5.54 Å². The molecule has 0 heterocycles. The van der Waals surface area contributed by atoms with Crippen molar-refractivity contribution in [3.63, 3.8) is 0 Å². The first kappa shape index (κ1) is 16.0. The maximum atomic E-state index is 6.12. The van der Waals surface area contributed by atoms with Crippen LogP contribution in [0.25, 0.3) is 0 Å². The van der Waals surface area contributed by atoms with Gasteiger partial charge >= 0.3 is 0 Å². The minimum Gasteiger partial charge on any atom is -0.329 e. The molecule has 0 aromatic carbocycles. The fourth-order valence-corrected chi connectivity index (χ4v) is 3.50. The average Bonchev–Trinajstić information content (AvgIpc) is 2.43. The third-order valence-corrected chi connectivity index (χ3v) is 4.75. The summed E-state index contributed by atoms with van der Waals surface area (Å²) in [6.07, 6.45) is 13.7. The van der Waals surface area contributed by atoms with E-state index in [1.54, 1.807) is 0 Å². The van der Waals surface area contributed by atoms with Gasteiger partial charge in [0.25, 0.3) is 0 Å². The van der Waals surface area contributed by atoms with Crippen molar-refractivity contribution in [3.8, 4) is 0 Å². The molecule has 1 saturated carbocycles. The summed E-state index contributed by atoms with van der Waals surface area (Å²) in [6.45, 7) is 7.88. The van der Waals surface area contributed by atoms with E-state index in [2.05, 4.69) is 18.7 Å². The first-order valence-corrected chi connectivity index (χ1v) is 8.24. The molecular weight excluding hydrogens is 220 g/mol. The number of rotatable bonds is 9. The molecule has 0 aliphatic heterocycles. The summed E-state index contributed by atoms with van der Waals surface area (Å²) >= 11 is 0. The van der Waals surface area contributed by atoms with Gasteiger partial charge in [-0.3, -0.25) is 4.90 Å². The molecule has 1 rings (SSSR count). The van der Waals surface area contributed by atoms with Crippen LogP contribution in [0.2, 0.25) is 0 Å². The van der Waals surface area contributed by atoms with Gasteiger partial charge in [0.05, 0.1) is 0 Å². The van der Waals surface area contributed by atoms with E-state index in [0.717, 1.165) is 6.54 Å². The van der Waals surface area contributed by atoms with Gasteiger partial charge in [0, 0.05) is 12.1 Å². The minimum atomic E-state index is 0.345. The molecule has 1 aliphatic carbocycles. The van der Waals surface area contributed by atoms with Gasteiger partial charge < -0.3 is 5.73 Å². The van der Waals surface area contributed by atoms with Crippen molar-refractivity contribution in [2.45, 2.75) is 83.6 Å². The maximum Gasteiger partial charge on any atom is 0.0331 e. The van der Waals surface area contributed by atoms with Gasteiger partial charge in [-0.05, 0) is 32.4 Å². The lowest BCUT2D eigenvalue weighted by atomic mass is 9.80. The SMILES string of the molecule is CCCCCCCN(CC)C1(CN)CCCCC1. The van der Waals surface area contributed by atoms with Gasteiger partial charge in [-0.25, -0.2) is 0 Å². The summed E-state index contributed by atoms with van der Waals surface area (Å²) in [7, 11) is 0. The van der Waals surface area contributed by atoms with Gasteiger partial charge in [0.1, 0.15) is 0 Å². The fourth-order valence-electron chi connectivity index (χ4n) is 3.50. The van der Waals surface area contributed by atoms with Crippen molar-refractivity contribution < 1.29 is 0 Å². The van der Waals surface area contributed by atoms with E-state index >= 15 is 0 Å². The highest BCUT2D eigenvalue weighted by Gasteiger charge is 2.35. The van der Waals surface area contributed by atoms with Crippen LogP contribution in [0.1, 0.15) is 78.1 Å². The van der Waals surface area contributed by atoms with Crippen molar-refractivity contribution in [3.05, 3.63) is 0 Å².